The smallest absolute Gasteiger partial charge is 0.335 e. The van der Waals surface area contributed by atoms with E-state index in [0.29, 0.717) is 11.5 Å². The van der Waals surface area contributed by atoms with Crippen LogP contribution in [0.2, 0.25) is 0 Å². The second-order valence-corrected chi connectivity index (χ2v) is 3.44. The summed E-state index contributed by atoms with van der Waals surface area (Å²) in [6.07, 6.45) is 1.12. The number of methoxy groups -OCH3 is 1. The summed E-state index contributed by atoms with van der Waals surface area (Å²) in [6.45, 7) is 3.36. The van der Waals surface area contributed by atoms with Crippen LogP contribution < -0.4 is 9.47 Å². The second kappa shape index (κ2) is 4.70. The van der Waals surface area contributed by atoms with Crippen LogP contribution in [0.25, 0.3) is 10.8 Å². The highest BCUT2D eigenvalue weighted by Gasteiger charge is 2.11. The monoisotopic (exact) mass is 228 g/mol. The molecule has 0 saturated heterocycles. The molecule has 2 aromatic carbocycles. The highest BCUT2D eigenvalue weighted by molar-refractivity contribution is 5.92. The molecule has 0 fully saturated rings. The quantitative estimate of drug-likeness (QED) is 0.460. The number of fused-ring (bicyclic) bond motifs is 1. The molecule has 0 N–H and O–H groups in total. The van der Waals surface area contributed by atoms with Gasteiger partial charge in [-0.1, -0.05) is 36.9 Å². The molecule has 0 bridgehead atoms. The van der Waals surface area contributed by atoms with Gasteiger partial charge < -0.3 is 9.47 Å². The number of ether oxygens (including phenoxy) is 2. The van der Waals surface area contributed by atoms with Gasteiger partial charge in [0.2, 0.25) is 0 Å². The molecule has 0 saturated carbocycles. The van der Waals surface area contributed by atoms with Crippen LogP contribution in [-0.4, -0.2) is 13.1 Å². The first kappa shape index (κ1) is 11.2. The third kappa shape index (κ3) is 2.13. The third-order valence-electron chi connectivity index (χ3n) is 2.42. The Morgan fingerprint density at radius 3 is 2.71 bits per heavy atom. The molecule has 0 radical (unpaired) electrons. The Kier molecular flexibility index (Phi) is 3.10. The van der Waals surface area contributed by atoms with Gasteiger partial charge in [-0.25, -0.2) is 4.79 Å². The number of benzene rings is 2. The molecule has 0 heterocycles. The Bertz CT molecular complexity index is 573. The van der Waals surface area contributed by atoms with Gasteiger partial charge in [-0.15, -0.1) is 0 Å². The van der Waals surface area contributed by atoms with E-state index in [0.717, 1.165) is 16.8 Å². The lowest BCUT2D eigenvalue weighted by Gasteiger charge is -2.10. The predicted octanol–water partition coefficient (Wildman–Crippen LogP) is 2.94. The van der Waals surface area contributed by atoms with Crippen molar-refractivity contribution in [3.8, 4) is 11.5 Å². The number of esters is 1. The standard InChI is InChI=1S/C14H12O3/c1-3-13(15)17-12-9-8-10-6-4-5-7-11(10)14(12)16-2/h3-9H,1H2,2H3. The molecule has 0 aliphatic carbocycles. The first-order chi connectivity index (χ1) is 8.26. The lowest BCUT2D eigenvalue weighted by molar-refractivity contribution is -0.129. The number of carbonyl (C=O) groups is 1. The van der Waals surface area contributed by atoms with Crippen LogP contribution in [0.3, 0.4) is 0 Å². The maximum atomic E-state index is 11.2. The van der Waals surface area contributed by atoms with Gasteiger partial charge in [0.25, 0.3) is 0 Å². The van der Waals surface area contributed by atoms with Crippen molar-refractivity contribution in [1.29, 1.82) is 0 Å². The first-order valence-electron chi connectivity index (χ1n) is 5.16. The summed E-state index contributed by atoms with van der Waals surface area (Å²) >= 11 is 0. The van der Waals surface area contributed by atoms with Crippen molar-refractivity contribution >= 4 is 16.7 Å². The van der Waals surface area contributed by atoms with E-state index in [9.17, 15) is 4.79 Å². The van der Waals surface area contributed by atoms with Crippen LogP contribution in [0.4, 0.5) is 0 Å². The molecule has 0 amide bonds. The molecule has 2 aromatic rings. The molecule has 17 heavy (non-hydrogen) atoms. The van der Waals surface area contributed by atoms with Gasteiger partial charge in [0.1, 0.15) is 0 Å². The van der Waals surface area contributed by atoms with Gasteiger partial charge in [0.05, 0.1) is 7.11 Å². The lowest BCUT2D eigenvalue weighted by Crippen LogP contribution is -2.04. The molecule has 2 rings (SSSR count). The van der Waals surface area contributed by atoms with Crippen LogP contribution in [-0.2, 0) is 4.79 Å². The maximum Gasteiger partial charge on any atom is 0.335 e. The summed E-state index contributed by atoms with van der Waals surface area (Å²) in [5, 5.41) is 1.94. The van der Waals surface area contributed by atoms with E-state index in [4.69, 9.17) is 9.47 Å². The van der Waals surface area contributed by atoms with Gasteiger partial charge in [0.15, 0.2) is 11.5 Å². The highest BCUT2D eigenvalue weighted by atomic mass is 16.6. The van der Waals surface area contributed by atoms with Crippen molar-refractivity contribution in [2.75, 3.05) is 7.11 Å². The topological polar surface area (TPSA) is 35.5 Å². The van der Waals surface area contributed by atoms with Crippen molar-refractivity contribution in [1.82, 2.24) is 0 Å². The minimum atomic E-state index is -0.501. The second-order valence-electron chi connectivity index (χ2n) is 3.44. The normalized spacial score (nSPS) is 9.94. The zero-order valence-electron chi connectivity index (χ0n) is 9.47. The Labute approximate surface area is 99.3 Å². The van der Waals surface area contributed by atoms with Crippen LogP contribution in [0.15, 0.2) is 49.1 Å². The molecule has 3 nitrogen and oxygen atoms in total. The summed E-state index contributed by atoms with van der Waals surface area (Å²) in [4.78, 5) is 11.2. The van der Waals surface area contributed by atoms with Gasteiger partial charge in [0, 0.05) is 11.5 Å². The van der Waals surface area contributed by atoms with E-state index in [2.05, 4.69) is 6.58 Å². The third-order valence-corrected chi connectivity index (χ3v) is 2.42. The first-order valence-corrected chi connectivity index (χ1v) is 5.16. The van der Waals surface area contributed by atoms with Crippen LogP contribution in [0, 0.1) is 0 Å². The van der Waals surface area contributed by atoms with Crippen molar-refractivity contribution in [2.45, 2.75) is 0 Å². The van der Waals surface area contributed by atoms with Crippen molar-refractivity contribution in [3.05, 3.63) is 49.1 Å². The Morgan fingerprint density at radius 2 is 2.00 bits per heavy atom. The summed E-state index contributed by atoms with van der Waals surface area (Å²) in [5.74, 6) is 0.452. The fourth-order valence-corrected chi connectivity index (χ4v) is 1.66. The zero-order chi connectivity index (χ0) is 12.3. The largest absolute Gasteiger partial charge is 0.492 e. The fraction of sp³-hybridized carbons (Fsp3) is 0.0714. The van der Waals surface area contributed by atoms with Crippen LogP contribution in [0.5, 0.6) is 11.5 Å². The molecule has 0 aliphatic rings. The number of carbonyl (C=O) groups excluding carboxylic acids is 1. The molecule has 0 aromatic heterocycles. The number of hydrogen-bond acceptors (Lipinski definition) is 3. The van der Waals surface area contributed by atoms with Gasteiger partial charge in [-0.05, 0) is 11.5 Å². The Hall–Kier alpha value is -2.29. The van der Waals surface area contributed by atoms with Gasteiger partial charge >= 0.3 is 5.97 Å². The SMILES string of the molecule is C=CC(=O)Oc1ccc2ccccc2c1OC. The lowest BCUT2D eigenvalue weighted by atomic mass is 10.1. The average Bonchev–Trinajstić information content (AvgIpc) is 2.38. The molecule has 3 heteroatoms. The Morgan fingerprint density at radius 1 is 1.24 bits per heavy atom. The Balaban J connectivity index is 2.56. The molecule has 0 atom stereocenters. The van der Waals surface area contributed by atoms with Gasteiger partial charge in [-0.2, -0.15) is 0 Å². The molecule has 0 aliphatic heterocycles. The van der Waals surface area contributed by atoms with E-state index in [1.54, 1.807) is 13.2 Å². The zero-order valence-corrected chi connectivity index (χ0v) is 9.47. The minimum Gasteiger partial charge on any atom is -0.492 e. The summed E-state index contributed by atoms with van der Waals surface area (Å²) in [5.41, 5.74) is 0. The van der Waals surface area contributed by atoms with E-state index >= 15 is 0 Å². The highest BCUT2D eigenvalue weighted by Crippen LogP contribution is 2.35. The number of rotatable bonds is 3. The molecular weight excluding hydrogens is 216 g/mol. The maximum absolute atomic E-state index is 11.2. The van der Waals surface area contributed by atoms with E-state index in [-0.39, 0.29) is 0 Å². The molecular formula is C14H12O3. The van der Waals surface area contributed by atoms with Gasteiger partial charge in [-0.3, -0.25) is 0 Å². The summed E-state index contributed by atoms with van der Waals surface area (Å²) < 4.78 is 10.4. The van der Waals surface area contributed by atoms with E-state index in [1.165, 1.54) is 0 Å². The van der Waals surface area contributed by atoms with Crippen molar-refractivity contribution in [2.24, 2.45) is 0 Å². The molecule has 86 valence electrons. The average molecular weight is 228 g/mol. The van der Waals surface area contributed by atoms with Crippen molar-refractivity contribution < 1.29 is 14.3 Å². The number of hydrogen-bond donors (Lipinski definition) is 0. The molecule has 0 spiro atoms. The summed E-state index contributed by atoms with van der Waals surface area (Å²) in [7, 11) is 1.55. The predicted molar refractivity (Wildman–Crippen MR) is 66.3 cm³/mol. The van der Waals surface area contributed by atoms with E-state index < -0.39 is 5.97 Å². The minimum absolute atomic E-state index is 0.399. The molecule has 0 unspecified atom stereocenters. The van der Waals surface area contributed by atoms with Crippen molar-refractivity contribution in [3.63, 3.8) is 0 Å². The van der Waals surface area contributed by atoms with Crippen LogP contribution in [0.1, 0.15) is 0 Å². The van der Waals surface area contributed by atoms with Crippen LogP contribution >= 0.6 is 0 Å². The van der Waals surface area contributed by atoms with E-state index in [1.807, 2.05) is 30.3 Å². The fourth-order valence-electron chi connectivity index (χ4n) is 1.66. The summed E-state index contributed by atoms with van der Waals surface area (Å²) in [6, 6.07) is 11.3.